The molecular formula is C25H26ClF3N6O3. The lowest BCUT2D eigenvalue weighted by Gasteiger charge is -2.32. The van der Waals surface area contributed by atoms with E-state index < -0.39 is 36.4 Å². The number of pyridine rings is 1. The molecule has 38 heavy (non-hydrogen) atoms. The van der Waals surface area contributed by atoms with E-state index in [1.54, 1.807) is 30.1 Å². The number of ether oxygens (including phenoxy) is 1. The van der Waals surface area contributed by atoms with Crippen molar-refractivity contribution in [1.82, 2.24) is 14.5 Å². The minimum atomic E-state index is -3.14. The number of halogens is 4. The molecule has 1 aliphatic carbocycles. The molecule has 202 valence electrons. The van der Waals surface area contributed by atoms with Gasteiger partial charge in [-0.25, -0.2) is 18.2 Å². The van der Waals surface area contributed by atoms with Crippen LogP contribution in [0.25, 0.3) is 10.9 Å². The number of benzene rings is 1. The molecular weight excluding hydrogens is 525 g/mol. The molecule has 0 spiro atoms. The van der Waals surface area contributed by atoms with Crippen molar-refractivity contribution in [3.05, 3.63) is 39.8 Å². The lowest BCUT2D eigenvalue weighted by atomic mass is 10.0. The molecule has 1 aromatic carbocycles. The molecule has 1 unspecified atom stereocenters. The summed E-state index contributed by atoms with van der Waals surface area (Å²) in [6.07, 6.45) is 0.768. The fourth-order valence-electron chi connectivity index (χ4n) is 5.20. The number of fused-ring (bicyclic) bond motifs is 3. The van der Waals surface area contributed by atoms with Gasteiger partial charge in [-0.05, 0) is 37.0 Å². The molecule has 3 aliphatic rings. The van der Waals surface area contributed by atoms with Gasteiger partial charge in [0.25, 0.3) is 5.56 Å². The Bertz CT molecular complexity index is 1460. The summed E-state index contributed by atoms with van der Waals surface area (Å²) in [6.45, 7) is -0.639. The molecule has 3 aromatic rings. The number of rotatable bonds is 4. The SMILES string of the molecule is Cn1c(=O)c2c(c3cc(Nc4nc(N5C[C@@H](O)C[C@H](F)C5)ncc4Cl)ccc31)NC(C1CC1)C(F)(F)CO2. The summed E-state index contributed by atoms with van der Waals surface area (Å²) >= 11 is 6.35. The second kappa shape index (κ2) is 9.19. The first-order valence-electron chi connectivity index (χ1n) is 12.4. The van der Waals surface area contributed by atoms with Gasteiger partial charge in [0.2, 0.25) is 11.7 Å². The van der Waals surface area contributed by atoms with Crippen LogP contribution >= 0.6 is 11.6 Å². The molecule has 3 atom stereocenters. The lowest BCUT2D eigenvalue weighted by molar-refractivity contribution is -0.0579. The van der Waals surface area contributed by atoms with Crippen LogP contribution in [-0.2, 0) is 7.05 Å². The van der Waals surface area contributed by atoms with Crippen molar-refractivity contribution in [3.8, 4) is 5.75 Å². The summed E-state index contributed by atoms with van der Waals surface area (Å²) < 4.78 is 50.6. The van der Waals surface area contributed by atoms with E-state index in [0.29, 0.717) is 29.4 Å². The van der Waals surface area contributed by atoms with E-state index in [9.17, 15) is 23.1 Å². The molecule has 0 radical (unpaired) electrons. The maximum absolute atomic E-state index is 14.9. The molecule has 1 saturated carbocycles. The van der Waals surface area contributed by atoms with Crippen molar-refractivity contribution in [2.75, 3.05) is 35.2 Å². The van der Waals surface area contributed by atoms with Crippen molar-refractivity contribution in [2.45, 2.75) is 43.5 Å². The maximum atomic E-state index is 14.9. The fraction of sp³-hybridized carbons (Fsp3) is 0.480. The number of alkyl halides is 3. The average molecular weight is 551 g/mol. The third kappa shape index (κ3) is 4.49. The summed E-state index contributed by atoms with van der Waals surface area (Å²) in [5.41, 5.74) is 0.770. The Morgan fingerprint density at radius 1 is 1.29 bits per heavy atom. The Morgan fingerprint density at radius 3 is 2.82 bits per heavy atom. The van der Waals surface area contributed by atoms with Gasteiger partial charge >= 0.3 is 5.92 Å². The van der Waals surface area contributed by atoms with Crippen LogP contribution < -0.4 is 25.8 Å². The molecule has 0 bridgehead atoms. The van der Waals surface area contributed by atoms with Crippen LogP contribution in [0.5, 0.6) is 5.75 Å². The largest absolute Gasteiger partial charge is 0.480 e. The van der Waals surface area contributed by atoms with Gasteiger partial charge in [-0.15, -0.1) is 0 Å². The average Bonchev–Trinajstić information content (AvgIpc) is 3.71. The van der Waals surface area contributed by atoms with Crippen LogP contribution in [0, 0.1) is 5.92 Å². The molecule has 9 nitrogen and oxygen atoms in total. The first-order chi connectivity index (χ1) is 18.1. The topological polar surface area (TPSA) is 105 Å². The molecule has 3 N–H and O–H groups in total. The highest BCUT2D eigenvalue weighted by molar-refractivity contribution is 6.32. The van der Waals surface area contributed by atoms with E-state index in [-0.39, 0.29) is 53.7 Å². The van der Waals surface area contributed by atoms with Crippen molar-refractivity contribution >= 4 is 45.6 Å². The number of aromatic nitrogens is 3. The number of hydrogen-bond acceptors (Lipinski definition) is 8. The van der Waals surface area contributed by atoms with Gasteiger partial charge in [0.1, 0.15) is 11.2 Å². The highest BCUT2D eigenvalue weighted by Gasteiger charge is 2.51. The Kier molecular flexibility index (Phi) is 6.06. The van der Waals surface area contributed by atoms with Gasteiger partial charge < -0.3 is 29.9 Å². The van der Waals surface area contributed by atoms with Crippen LogP contribution in [0.1, 0.15) is 19.3 Å². The zero-order chi connectivity index (χ0) is 26.8. The van der Waals surface area contributed by atoms with Gasteiger partial charge in [-0.3, -0.25) is 4.79 Å². The number of aryl methyl sites for hydroxylation is 1. The third-order valence-corrected chi connectivity index (χ3v) is 7.54. The van der Waals surface area contributed by atoms with E-state index in [2.05, 4.69) is 20.6 Å². The van der Waals surface area contributed by atoms with Crippen molar-refractivity contribution in [2.24, 2.45) is 13.0 Å². The van der Waals surface area contributed by atoms with Crippen LogP contribution in [0.3, 0.4) is 0 Å². The van der Waals surface area contributed by atoms with Gasteiger partial charge in [-0.1, -0.05) is 11.6 Å². The Hall–Kier alpha value is -3.25. The number of piperidine rings is 1. The second-order valence-corrected chi connectivity index (χ2v) is 10.6. The Morgan fingerprint density at radius 2 is 2.08 bits per heavy atom. The van der Waals surface area contributed by atoms with E-state index in [1.807, 2.05) is 0 Å². The van der Waals surface area contributed by atoms with Gasteiger partial charge in [-0.2, -0.15) is 4.98 Å². The van der Waals surface area contributed by atoms with E-state index >= 15 is 0 Å². The van der Waals surface area contributed by atoms with Gasteiger partial charge in [0, 0.05) is 31.1 Å². The molecule has 6 rings (SSSR count). The van der Waals surface area contributed by atoms with E-state index in [1.165, 1.54) is 10.8 Å². The molecule has 2 fully saturated rings. The van der Waals surface area contributed by atoms with Crippen molar-refractivity contribution in [1.29, 1.82) is 0 Å². The number of β-amino-alcohol motifs (C(OH)–C–C–N with tert-alkyl or cyclic N) is 1. The van der Waals surface area contributed by atoms with Crippen molar-refractivity contribution < 1.29 is 23.0 Å². The lowest BCUT2D eigenvalue weighted by Crippen LogP contribution is -2.45. The predicted molar refractivity (Wildman–Crippen MR) is 138 cm³/mol. The second-order valence-electron chi connectivity index (χ2n) is 10.2. The fourth-order valence-corrected chi connectivity index (χ4v) is 5.33. The minimum absolute atomic E-state index is 0.0483. The van der Waals surface area contributed by atoms with Crippen LogP contribution in [0.15, 0.2) is 29.2 Å². The minimum Gasteiger partial charge on any atom is -0.480 e. The number of aliphatic hydroxyl groups excluding tert-OH is 1. The molecule has 0 amide bonds. The molecule has 2 aromatic heterocycles. The Labute approximate surface area is 220 Å². The third-order valence-electron chi connectivity index (χ3n) is 7.26. The van der Waals surface area contributed by atoms with Crippen LogP contribution in [0.2, 0.25) is 5.02 Å². The quantitative estimate of drug-likeness (QED) is 0.450. The predicted octanol–water partition coefficient (Wildman–Crippen LogP) is 3.85. The maximum Gasteiger partial charge on any atom is 0.301 e. The summed E-state index contributed by atoms with van der Waals surface area (Å²) in [7, 11) is 1.56. The number of hydrogen-bond donors (Lipinski definition) is 3. The number of aliphatic hydroxyl groups is 1. The summed E-state index contributed by atoms with van der Waals surface area (Å²) in [5, 5.41) is 16.7. The molecule has 13 heteroatoms. The van der Waals surface area contributed by atoms with Crippen molar-refractivity contribution in [3.63, 3.8) is 0 Å². The zero-order valence-corrected chi connectivity index (χ0v) is 21.2. The first kappa shape index (κ1) is 25.1. The normalized spacial score (nSPS) is 24.8. The van der Waals surface area contributed by atoms with E-state index in [4.69, 9.17) is 16.3 Å². The zero-order valence-electron chi connectivity index (χ0n) is 20.4. The van der Waals surface area contributed by atoms with Crippen LogP contribution in [-0.4, -0.2) is 63.6 Å². The summed E-state index contributed by atoms with van der Waals surface area (Å²) in [6, 6.07) is 3.96. The standard InChI is InChI=1S/C25H26ClF3N6O3/c1-34-18-5-4-14(31-22-17(26)8-30-24(33-22)35-9-13(27)6-15(36)10-35)7-16(18)19-20(23(34)37)38-11-25(28,29)21(32-19)12-2-3-12/h4-5,7-8,12-13,15,21,32,36H,2-3,6,9-11H2,1H3,(H,30,31,33)/t13-,15-,21?/m0/s1. The monoisotopic (exact) mass is 550 g/mol. The smallest absolute Gasteiger partial charge is 0.301 e. The highest BCUT2D eigenvalue weighted by atomic mass is 35.5. The van der Waals surface area contributed by atoms with Crippen LogP contribution in [0.4, 0.5) is 36.3 Å². The number of nitrogens with zero attached hydrogens (tertiary/aromatic N) is 4. The molecule has 2 aliphatic heterocycles. The molecule has 1 saturated heterocycles. The highest BCUT2D eigenvalue weighted by Crippen LogP contribution is 2.45. The number of nitrogens with one attached hydrogen (secondary N) is 2. The first-order valence-corrected chi connectivity index (χ1v) is 12.8. The molecule has 4 heterocycles. The summed E-state index contributed by atoms with van der Waals surface area (Å²) in [5.74, 6) is -3.03. The van der Waals surface area contributed by atoms with Gasteiger partial charge in [0.15, 0.2) is 12.4 Å². The summed E-state index contributed by atoms with van der Waals surface area (Å²) in [4.78, 5) is 23.2. The number of anilines is 4. The van der Waals surface area contributed by atoms with Gasteiger partial charge in [0.05, 0.1) is 36.1 Å². The Balaban J connectivity index is 1.38. The van der Waals surface area contributed by atoms with E-state index in [0.717, 1.165) is 0 Å².